The monoisotopic (exact) mass is 427 g/mol. The van der Waals surface area contributed by atoms with Gasteiger partial charge in [0.05, 0.1) is 22.8 Å². The Morgan fingerprint density at radius 2 is 1.66 bits per heavy atom. The summed E-state index contributed by atoms with van der Waals surface area (Å²) >= 11 is 8.03. The van der Waals surface area contributed by atoms with Crippen molar-refractivity contribution >= 4 is 46.5 Å². The predicted molar refractivity (Wildman–Crippen MR) is 124 cm³/mol. The number of aliphatic imine (C=N–C) groups is 1. The average molecular weight is 428 g/mol. The number of hydrogen-bond acceptors (Lipinski definition) is 4. The molecule has 0 spiro atoms. The molecule has 152 valence electrons. The maximum atomic E-state index is 13.6. The normalized spacial score (nSPS) is 23.7. The highest BCUT2D eigenvalue weighted by Crippen LogP contribution is 2.41. The molecule has 2 aliphatic rings. The van der Waals surface area contributed by atoms with Crippen LogP contribution in [0.5, 0.6) is 0 Å². The second-order valence-corrected chi connectivity index (χ2v) is 9.86. The number of carbonyl (C=O) groups excluding carboxylic acids is 1. The van der Waals surface area contributed by atoms with Crippen LogP contribution < -0.4 is 4.90 Å². The molecule has 1 atom stereocenters. The van der Waals surface area contributed by atoms with E-state index in [1.807, 2.05) is 79.0 Å². The third kappa shape index (κ3) is 3.96. The molecule has 0 radical (unpaired) electrons. The third-order valence-corrected chi connectivity index (χ3v) is 6.88. The summed E-state index contributed by atoms with van der Waals surface area (Å²) in [7, 11) is 0. The lowest BCUT2D eigenvalue weighted by Gasteiger charge is -2.37. The molecule has 0 saturated carbocycles. The van der Waals surface area contributed by atoms with E-state index < -0.39 is 5.41 Å². The molecule has 0 N–H and O–H groups in total. The van der Waals surface area contributed by atoms with Crippen LogP contribution in [-0.4, -0.2) is 47.3 Å². The standard InChI is InChI=1S/C23H26ClN3OS/c1-16-4-10-19(11-5-16)27-21(25-18-8-6-17(24)7-9-18)20(23(2,3)22(27)28)26-12-14-29-15-13-26/h4-11,20H,12-15H2,1-3H3/t20-/m0/s1. The van der Waals surface area contributed by atoms with Crippen LogP contribution in [0.2, 0.25) is 5.02 Å². The molecule has 2 aromatic rings. The van der Waals surface area contributed by atoms with Crippen LogP contribution in [0.3, 0.4) is 0 Å². The second kappa shape index (κ2) is 8.13. The zero-order chi connectivity index (χ0) is 20.6. The molecule has 0 unspecified atom stereocenters. The Balaban J connectivity index is 1.84. The van der Waals surface area contributed by atoms with Crippen molar-refractivity contribution in [2.45, 2.75) is 26.8 Å². The van der Waals surface area contributed by atoms with Gasteiger partial charge in [0.25, 0.3) is 0 Å². The van der Waals surface area contributed by atoms with Gasteiger partial charge in [0, 0.05) is 29.6 Å². The van der Waals surface area contributed by atoms with E-state index in [1.165, 1.54) is 5.56 Å². The van der Waals surface area contributed by atoms with Crippen molar-refractivity contribution in [2.24, 2.45) is 10.4 Å². The number of hydrogen-bond donors (Lipinski definition) is 0. The van der Waals surface area contributed by atoms with E-state index in [9.17, 15) is 4.79 Å². The van der Waals surface area contributed by atoms with Gasteiger partial charge in [-0.25, -0.2) is 4.99 Å². The SMILES string of the molecule is Cc1ccc(N2C(=O)C(C)(C)[C@@H](N3CCSCC3)C2=Nc2ccc(Cl)cc2)cc1. The van der Waals surface area contributed by atoms with Gasteiger partial charge in [0.1, 0.15) is 5.84 Å². The van der Waals surface area contributed by atoms with Crippen LogP contribution in [0, 0.1) is 12.3 Å². The predicted octanol–water partition coefficient (Wildman–Crippen LogP) is 5.17. The number of aryl methyl sites for hydroxylation is 1. The number of amidine groups is 1. The first-order valence-corrected chi connectivity index (χ1v) is 11.5. The lowest BCUT2D eigenvalue weighted by Crippen LogP contribution is -2.51. The van der Waals surface area contributed by atoms with Crippen molar-refractivity contribution in [3.63, 3.8) is 0 Å². The Hall–Kier alpha value is -1.82. The van der Waals surface area contributed by atoms with E-state index >= 15 is 0 Å². The molecule has 6 heteroatoms. The van der Waals surface area contributed by atoms with Gasteiger partial charge in [-0.1, -0.05) is 29.3 Å². The van der Waals surface area contributed by atoms with E-state index in [2.05, 4.69) is 11.8 Å². The summed E-state index contributed by atoms with van der Waals surface area (Å²) in [5, 5.41) is 0.678. The van der Waals surface area contributed by atoms with E-state index in [1.54, 1.807) is 0 Å². The zero-order valence-corrected chi connectivity index (χ0v) is 18.6. The van der Waals surface area contributed by atoms with Crippen LogP contribution in [-0.2, 0) is 4.79 Å². The van der Waals surface area contributed by atoms with E-state index in [0.717, 1.165) is 41.8 Å². The lowest BCUT2D eigenvalue weighted by atomic mass is 9.85. The topological polar surface area (TPSA) is 35.9 Å². The summed E-state index contributed by atoms with van der Waals surface area (Å²) in [6.45, 7) is 8.08. The Labute approximate surface area is 181 Å². The first kappa shape index (κ1) is 20.5. The molecule has 2 aliphatic heterocycles. The van der Waals surface area contributed by atoms with Crippen molar-refractivity contribution in [2.75, 3.05) is 29.5 Å². The van der Waals surface area contributed by atoms with Crippen molar-refractivity contribution < 1.29 is 4.79 Å². The van der Waals surface area contributed by atoms with Crippen LogP contribution in [0.4, 0.5) is 11.4 Å². The van der Waals surface area contributed by atoms with Gasteiger partial charge in [0.2, 0.25) is 5.91 Å². The average Bonchev–Trinajstić information content (AvgIpc) is 2.90. The van der Waals surface area contributed by atoms with Crippen molar-refractivity contribution in [1.82, 2.24) is 4.90 Å². The summed E-state index contributed by atoms with van der Waals surface area (Å²) in [6, 6.07) is 15.5. The van der Waals surface area contributed by atoms with Gasteiger partial charge in [-0.2, -0.15) is 11.8 Å². The second-order valence-electron chi connectivity index (χ2n) is 8.20. The smallest absolute Gasteiger partial charge is 0.240 e. The molecule has 2 aromatic carbocycles. The lowest BCUT2D eigenvalue weighted by molar-refractivity contribution is -0.125. The third-order valence-electron chi connectivity index (χ3n) is 5.68. The molecular formula is C23H26ClN3OS. The Morgan fingerprint density at radius 1 is 1.03 bits per heavy atom. The Morgan fingerprint density at radius 3 is 2.28 bits per heavy atom. The molecule has 4 rings (SSSR count). The van der Waals surface area contributed by atoms with Gasteiger partial charge < -0.3 is 0 Å². The van der Waals surface area contributed by atoms with Gasteiger partial charge >= 0.3 is 0 Å². The zero-order valence-electron chi connectivity index (χ0n) is 17.1. The van der Waals surface area contributed by atoms with E-state index in [-0.39, 0.29) is 11.9 Å². The summed E-state index contributed by atoms with van der Waals surface area (Å²) in [4.78, 5) is 22.9. The van der Waals surface area contributed by atoms with E-state index in [4.69, 9.17) is 16.6 Å². The molecule has 2 fully saturated rings. The van der Waals surface area contributed by atoms with Gasteiger partial charge in [0.15, 0.2) is 0 Å². The first-order chi connectivity index (χ1) is 13.9. The van der Waals surface area contributed by atoms with Crippen LogP contribution >= 0.6 is 23.4 Å². The van der Waals surface area contributed by atoms with Crippen LogP contribution in [0.15, 0.2) is 53.5 Å². The number of halogens is 1. The highest BCUT2D eigenvalue weighted by Gasteiger charge is 2.54. The van der Waals surface area contributed by atoms with Crippen molar-refractivity contribution in [3.8, 4) is 0 Å². The first-order valence-electron chi connectivity index (χ1n) is 9.95. The number of anilines is 1. The maximum absolute atomic E-state index is 13.6. The van der Waals surface area contributed by atoms with Crippen LogP contribution in [0.25, 0.3) is 0 Å². The molecule has 4 nitrogen and oxygen atoms in total. The number of amides is 1. The fraction of sp³-hybridized carbons (Fsp3) is 0.391. The minimum Gasteiger partial charge on any atom is -0.291 e. The number of thioether (sulfide) groups is 1. The quantitative estimate of drug-likeness (QED) is 0.677. The number of rotatable bonds is 3. The van der Waals surface area contributed by atoms with Crippen molar-refractivity contribution in [1.29, 1.82) is 0 Å². The Bertz CT molecular complexity index is 918. The molecule has 0 aromatic heterocycles. The molecule has 0 bridgehead atoms. The summed E-state index contributed by atoms with van der Waals surface area (Å²) < 4.78 is 0. The summed E-state index contributed by atoms with van der Waals surface area (Å²) in [5.74, 6) is 3.06. The maximum Gasteiger partial charge on any atom is 0.240 e. The summed E-state index contributed by atoms with van der Waals surface area (Å²) in [5.41, 5.74) is 2.29. The largest absolute Gasteiger partial charge is 0.291 e. The van der Waals surface area contributed by atoms with E-state index in [0.29, 0.717) is 5.02 Å². The number of carbonyl (C=O) groups is 1. The van der Waals surface area contributed by atoms with Crippen LogP contribution in [0.1, 0.15) is 19.4 Å². The molecule has 2 saturated heterocycles. The summed E-state index contributed by atoms with van der Waals surface area (Å²) in [6.07, 6.45) is 0. The molecule has 1 amide bonds. The van der Waals surface area contributed by atoms with Crippen molar-refractivity contribution in [3.05, 3.63) is 59.1 Å². The molecular weight excluding hydrogens is 402 g/mol. The molecule has 29 heavy (non-hydrogen) atoms. The van der Waals surface area contributed by atoms with Gasteiger partial charge in [-0.05, 0) is 57.2 Å². The van der Waals surface area contributed by atoms with Gasteiger partial charge in [-0.15, -0.1) is 0 Å². The minimum atomic E-state index is -0.557. The number of benzene rings is 2. The molecule has 2 heterocycles. The fourth-order valence-corrected chi connectivity index (χ4v) is 5.17. The highest BCUT2D eigenvalue weighted by molar-refractivity contribution is 7.99. The minimum absolute atomic E-state index is 0.0621. The Kier molecular flexibility index (Phi) is 5.74. The fourth-order valence-electron chi connectivity index (χ4n) is 4.11. The highest BCUT2D eigenvalue weighted by atomic mass is 35.5. The molecule has 0 aliphatic carbocycles. The number of nitrogens with zero attached hydrogens (tertiary/aromatic N) is 3. The van der Waals surface area contributed by atoms with Gasteiger partial charge in [-0.3, -0.25) is 14.6 Å².